The maximum atomic E-state index is 12.0. The molecule has 0 aliphatic rings. The first-order chi connectivity index (χ1) is 19.2. The standard InChI is InChI=1S/C28H28N6O6/c35-20-10-6-17(7-11-20)14-22(24(37)38)30-27-32-26(29-16-19-4-2-1-3-5-19)33-28(34-27)31-23(25(39)40)15-18-8-12-21(36)13-9-18/h1-13,22-23,35-36H,14-16H2,(H,37,38)(H,39,40)(H3,29,30,31,32,33,34)/t22-,23-/m0/s1. The quantitative estimate of drug-likeness (QED) is 0.130. The van der Waals surface area contributed by atoms with E-state index in [9.17, 15) is 30.0 Å². The molecule has 0 radical (unpaired) electrons. The van der Waals surface area contributed by atoms with Crippen LogP contribution < -0.4 is 16.0 Å². The van der Waals surface area contributed by atoms with E-state index in [1.807, 2.05) is 30.3 Å². The number of aromatic hydroxyl groups is 2. The van der Waals surface area contributed by atoms with Crippen LogP contribution in [0.5, 0.6) is 11.5 Å². The number of nitrogens with one attached hydrogen (secondary N) is 3. The Morgan fingerprint density at radius 2 is 1.02 bits per heavy atom. The van der Waals surface area contributed by atoms with Crippen molar-refractivity contribution in [3.05, 3.63) is 95.6 Å². The zero-order valence-corrected chi connectivity index (χ0v) is 21.2. The number of hydrogen-bond donors (Lipinski definition) is 7. The second-order valence-corrected chi connectivity index (χ2v) is 8.96. The van der Waals surface area contributed by atoms with Crippen molar-refractivity contribution < 1.29 is 30.0 Å². The number of phenols is 2. The van der Waals surface area contributed by atoms with E-state index >= 15 is 0 Å². The first-order valence-electron chi connectivity index (χ1n) is 12.3. The Labute approximate surface area is 229 Å². The van der Waals surface area contributed by atoms with Gasteiger partial charge in [0.25, 0.3) is 0 Å². The highest BCUT2D eigenvalue weighted by Gasteiger charge is 2.23. The minimum atomic E-state index is -1.16. The molecule has 0 saturated carbocycles. The summed E-state index contributed by atoms with van der Waals surface area (Å²) < 4.78 is 0. The summed E-state index contributed by atoms with van der Waals surface area (Å²) >= 11 is 0. The largest absolute Gasteiger partial charge is 0.508 e. The van der Waals surface area contributed by atoms with Crippen LogP contribution in [-0.2, 0) is 29.0 Å². The monoisotopic (exact) mass is 544 g/mol. The molecule has 3 aromatic carbocycles. The molecular weight excluding hydrogens is 516 g/mol. The summed E-state index contributed by atoms with van der Waals surface area (Å²) in [5, 5.41) is 47.4. The maximum Gasteiger partial charge on any atom is 0.326 e. The van der Waals surface area contributed by atoms with Crippen LogP contribution in [0.25, 0.3) is 0 Å². The molecule has 0 aliphatic heterocycles. The van der Waals surface area contributed by atoms with Gasteiger partial charge in [-0.15, -0.1) is 0 Å². The first kappa shape index (κ1) is 27.6. The number of nitrogens with zero attached hydrogens (tertiary/aromatic N) is 3. The Morgan fingerprint density at radius 3 is 1.45 bits per heavy atom. The van der Waals surface area contributed by atoms with Crippen LogP contribution >= 0.6 is 0 Å². The van der Waals surface area contributed by atoms with Crippen LogP contribution in [0.2, 0.25) is 0 Å². The molecule has 206 valence electrons. The summed E-state index contributed by atoms with van der Waals surface area (Å²) in [6, 6.07) is 19.5. The molecule has 12 heteroatoms. The lowest BCUT2D eigenvalue weighted by Gasteiger charge is -2.18. The van der Waals surface area contributed by atoms with Crippen molar-refractivity contribution in [1.82, 2.24) is 15.0 Å². The summed E-state index contributed by atoms with van der Waals surface area (Å²) in [6.45, 7) is 0.357. The number of aromatic nitrogens is 3. The summed E-state index contributed by atoms with van der Waals surface area (Å²) in [4.78, 5) is 37.0. The number of rotatable bonds is 13. The third-order valence-electron chi connectivity index (χ3n) is 5.88. The Balaban J connectivity index is 1.59. The molecule has 12 nitrogen and oxygen atoms in total. The molecule has 0 unspecified atom stereocenters. The van der Waals surface area contributed by atoms with Gasteiger partial charge < -0.3 is 36.4 Å². The van der Waals surface area contributed by atoms with Gasteiger partial charge in [0, 0.05) is 19.4 Å². The lowest BCUT2D eigenvalue weighted by atomic mass is 10.1. The van der Waals surface area contributed by atoms with E-state index in [0.717, 1.165) is 5.56 Å². The maximum absolute atomic E-state index is 12.0. The number of hydrogen-bond acceptors (Lipinski definition) is 10. The number of benzene rings is 3. The SMILES string of the molecule is O=C(O)[C@H](Cc1ccc(O)cc1)Nc1nc(NCc2ccccc2)nc(N[C@@H](Cc2ccc(O)cc2)C(=O)O)n1. The van der Waals surface area contributed by atoms with Gasteiger partial charge in [-0.25, -0.2) is 9.59 Å². The third kappa shape index (κ3) is 8.05. The van der Waals surface area contributed by atoms with Gasteiger partial charge in [0.05, 0.1) is 0 Å². The highest BCUT2D eigenvalue weighted by Crippen LogP contribution is 2.18. The fraction of sp³-hybridized carbons (Fsp3) is 0.179. The second-order valence-electron chi connectivity index (χ2n) is 8.96. The Morgan fingerprint density at radius 1 is 0.600 bits per heavy atom. The van der Waals surface area contributed by atoms with E-state index in [0.29, 0.717) is 17.7 Å². The molecule has 1 aromatic heterocycles. The number of carboxylic acid groups (broad SMARTS) is 2. The van der Waals surface area contributed by atoms with Crippen molar-refractivity contribution in [2.24, 2.45) is 0 Å². The number of carboxylic acids is 2. The van der Waals surface area contributed by atoms with Gasteiger partial charge >= 0.3 is 11.9 Å². The summed E-state index contributed by atoms with van der Waals surface area (Å²) in [5.74, 6) is -2.24. The molecule has 0 amide bonds. The molecule has 0 fully saturated rings. The lowest BCUT2D eigenvalue weighted by Crippen LogP contribution is -2.34. The topological polar surface area (TPSA) is 190 Å². The fourth-order valence-electron chi connectivity index (χ4n) is 3.81. The molecule has 0 saturated heterocycles. The van der Waals surface area contributed by atoms with Gasteiger partial charge in [-0.05, 0) is 41.0 Å². The van der Waals surface area contributed by atoms with Crippen molar-refractivity contribution >= 4 is 29.8 Å². The summed E-state index contributed by atoms with van der Waals surface area (Å²) in [6.07, 6.45) is 0.130. The number of aliphatic carboxylic acids is 2. The molecule has 0 aliphatic carbocycles. The third-order valence-corrected chi connectivity index (χ3v) is 5.88. The van der Waals surface area contributed by atoms with Crippen molar-refractivity contribution in [3.63, 3.8) is 0 Å². The van der Waals surface area contributed by atoms with Crippen LogP contribution in [0.3, 0.4) is 0 Å². The first-order valence-corrected chi connectivity index (χ1v) is 12.3. The molecule has 4 rings (SSSR count). The average molecular weight is 545 g/mol. The molecule has 40 heavy (non-hydrogen) atoms. The van der Waals surface area contributed by atoms with Crippen LogP contribution in [0.1, 0.15) is 16.7 Å². The molecule has 7 N–H and O–H groups in total. The molecule has 0 spiro atoms. The predicted molar refractivity (Wildman–Crippen MR) is 147 cm³/mol. The minimum Gasteiger partial charge on any atom is -0.508 e. The second kappa shape index (κ2) is 12.9. The van der Waals surface area contributed by atoms with Crippen LogP contribution in [0.4, 0.5) is 17.8 Å². The van der Waals surface area contributed by atoms with Crippen molar-refractivity contribution in [2.45, 2.75) is 31.5 Å². The van der Waals surface area contributed by atoms with Crippen LogP contribution in [0.15, 0.2) is 78.9 Å². The highest BCUT2D eigenvalue weighted by molar-refractivity contribution is 5.78. The van der Waals surface area contributed by atoms with E-state index in [4.69, 9.17) is 0 Å². The van der Waals surface area contributed by atoms with Gasteiger partial charge in [-0.2, -0.15) is 15.0 Å². The molecular formula is C28H28N6O6. The normalized spacial score (nSPS) is 12.2. The van der Waals surface area contributed by atoms with Crippen molar-refractivity contribution in [1.29, 1.82) is 0 Å². The highest BCUT2D eigenvalue weighted by atomic mass is 16.4. The minimum absolute atomic E-state index is 0.0613. The molecule has 1 heterocycles. The summed E-state index contributed by atoms with van der Waals surface area (Å²) in [7, 11) is 0. The van der Waals surface area contributed by atoms with E-state index in [2.05, 4.69) is 30.9 Å². The Hall–Kier alpha value is -5.39. The van der Waals surface area contributed by atoms with Gasteiger partial charge in [0.1, 0.15) is 23.6 Å². The van der Waals surface area contributed by atoms with E-state index in [1.165, 1.54) is 24.3 Å². The molecule has 2 atom stereocenters. The fourth-order valence-corrected chi connectivity index (χ4v) is 3.81. The smallest absolute Gasteiger partial charge is 0.326 e. The summed E-state index contributed by atoms with van der Waals surface area (Å²) in [5.41, 5.74) is 2.26. The Kier molecular flexibility index (Phi) is 8.92. The molecule has 0 bridgehead atoms. The molecule has 4 aromatic rings. The van der Waals surface area contributed by atoms with Crippen molar-refractivity contribution in [2.75, 3.05) is 16.0 Å². The van der Waals surface area contributed by atoms with E-state index in [-0.39, 0.29) is 42.2 Å². The van der Waals surface area contributed by atoms with Crippen molar-refractivity contribution in [3.8, 4) is 11.5 Å². The number of phenolic OH excluding ortho intramolecular Hbond substituents is 2. The average Bonchev–Trinajstić information content (AvgIpc) is 2.94. The zero-order valence-electron chi connectivity index (χ0n) is 21.2. The van der Waals surface area contributed by atoms with E-state index < -0.39 is 24.0 Å². The lowest BCUT2D eigenvalue weighted by molar-refractivity contribution is -0.138. The van der Waals surface area contributed by atoms with Gasteiger partial charge in [-0.3, -0.25) is 0 Å². The van der Waals surface area contributed by atoms with Gasteiger partial charge in [-0.1, -0.05) is 54.6 Å². The van der Waals surface area contributed by atoms with Gasteiger partial charge in [0.2, 0.25) is 17.8 Å². The number of carbonyl (C=O) groups is 2. The van der Waals surface area contributed by atoms with Gasteiger partial charge in [0.15, 0.2) is 0 Å². The predicted octanol–water partition coefficient (Wildman–Crippen LogP) is 3.11. The van der Waals surface area contributed by atoms with Crippen LogP contribution in [0, 0.1) is 0 Å². The Bertz CT molecular complexity index is 1350. The number of anilines is 3. The van der Waals surface area contributed by atoms with Crippen LogP contribution in [-0.4, -0.2) is 59.4 Å². The van der Waals surface area contributed by atoms with E-state index in [1.54, 1.807) is 24.3 Å². The zero-order chi connectivity index (χ0) is 28.5.